The van der Waals surface area contributed by atoms with Crippen LogP contribution in [0.2, 0.25) is 0 Å². The predicted molar refractivity (Wildman–Crippen MR) is 84.5 cm³/mol. The number of halogens is 3. The minimum absolute atomic E-state index is 0.00256. The van der Waals surface area contributed by atoms with E-state index in [1.165, 1.54) is 0 Å². The number of hydrogen-bond acceptors (Lipinski definition) is 6. The highest BCUT2D eigenvalue weighted by Gasteiger charge is 2.35. The van der Waals surface area contributed by atoms with Crippen molar-refractivity contribution < 1.29 is 36.1 Å². The van der Waals surface area contributed by atoms with Crippen molar-refractivity contribution in [2.75, 3.05) is 33.4 Å². The summed E-state index contributed by atoms with van der Waals surface area (Å²) in [6.07, 6.45) is -4.41. The van der Waals surface area contributed by atoms with Gasteiger partial charge in [-0.25, -0.2) is 8.42 Å². The van der Waals surface area contributed by atoms with Crippen molar-refractivity contribution in [2.24, 2.45) is 5.28 Å². The highest BCUT2D eigenvalue weighted by molar-refractivity contribution is 7.89. The van der Waals surface area contributed by atoms with E-state index < -0.39 is 39.1 Å². The first-order valence-electron chi connectivity index (χ1n) is 7.69. The van der Waals surface area contributed by atoms with Crippen molar-refractivity contribution in [3.8, 4) is 0 Å². The fraction of sp³-hybridized carbons (Fsp3) is 0.500. The van der Waals surface area contributed by atoms with Crippen LogP contribution in [0.15, 0.2) is 34.4 Å². The summed E-state index contributed by atoms with van der Waals surface area (Å²) in [5.74, 6) is -0.685. The number of sulfonamides is 1. The molecule has 13 heteroatoms. The van der Waals surface area contributed by atoms with E-state index in [0.717, 1.165) is 34.5 Å². The Bertz CT molecular complexity index is 828. The molecule has 1 aliphatic heterocycles. The summed E-state index contributed by atoms with van der Waals surface area (Å²) in [5.41, 5.74) is -1.09. The Balaban J connectivity index is 2.19. The smallest absolute Gasteiger partial charge is 0.416 e. The van der Waals surface area contributed by atoms with E-state index in [-0.39, 0.29) is 31.0 Å². The average molecular weight is 410 g/mol. The normalized spacial score (nSPS) is 17.0. The van der Waals surface area contributed by atoms with Crippen LogP contribution in [0, 0.1) is 5.21 Å². The number of alkyl halides is 3. The van der Waals surface area contributed by atoms with Gasteiger partial charge in [0.25, 0.3) is 12.5 Å². The number of amides is 1. The minimum atomic E-state index is -4.68. The summed E-state index contributed by atoms with van der Waals surface area (Å²) in [6.45, 7) is -0.816. The zero-order valence-electron chi connectivity index (χ0n) is 14.2. The standard InChI is InChI=1S/C14H17F3N4O5S/c1-26-18-21(23)9-13(22)19-6-3-7-20(10-19)27(24,25)12-5-2-4-11(8-12)14(15,16)17/h2,4-5,8H,3,6-7,9-10H2,1H3/b21-18+. The maximum atomic E-state index is 12.8. The maximum Gasteiger partial charge on any atom is 0.416 e. The van der Waals surface area contributed by atoms with Gasteiger partial charge in [-0.2, -0.15) is 17.5 Å². The Morgan fingerprint density at radius 3 is 2.70 bits per heavy atom. The van der Waals surface area contributed by atoms with Gasteiger partial charge < -0.3 is 14.9 Å². The van der Waals surface area contributed by atoms with Crippen molar-refractivity contribution in [3.63, 3.8) is 0 Å². The van der Waals surface area contributed by atoms with Crippen molar-refractivity contribution in [2.45, 2.75) is 17.5 Å². The topological polar surface area (TPSA) is 105 Å². The van der Waals surface area contributed by atoms with Crippen LogP contribution in [-0.4, -0.2) is 61.8 Å². The first-order chi connectivity index (χ1) is 12.6. The number of carbonyl (C=O) groups is 1. The molecular weight excluding hydrogens is 393 g/mol. The van der Waals surface area contributed by atoms with Gasteiger partial charge in [0.2, 0.25) is 10.0 Å². The SMILES string of the molecule is CO/N=[N+](/[O-])CC(=O)N1CCCN(S(=O)(=O)c2cccc(C(F)(F)F)c2)C1. The van der Waals surface area contributed by atoms with Crippen LogP contribution < -0.4 is 0 Å². The minimum Gasteiger partial charge on any atom is -0.597 e. The third-order valence-corrected chi connectivity index (χ3v) is 5.59. The molecule has 9 nitrogen and oxygen atoms in total. The van der Waals surface area contributed by atoms with Gasteiger partial charge in [0, 0.05) is 13.1 Å². The van der Waals surface area contributed by atoms with Crippen LogP contribution in [0.5, 0.6) is 0 Å². The van der Waals surface area contributed by atoms with Crippen LogP contribution in [0.3, 0.4) is 0 Å². The van der Waals surface area contributed by atoms with Crippen LogP contribution in [0.25, 0.3) is 0 Å². The number of benzene rings is 1. The molecule has 0 radical (unpaired) electrons. The van der Waals surface area contributed by atoms with Gasteiger partial charge in [-0.3, -0.25) is 4.79 Å². The molecule has 1 aromatic carbocycles. The molecule has 0 bridgehead atoms. The number of hydrogen-bond donors (Lipinski definition) is 0. The molecule has 1 saturated heterocycles. The second kappa shape index (κ2) is 8.08. The van der Waals surface area contributed by atoms with E-state index >= 15 is 0 Å². The average Bonchev–Trinajstić information content (AvgIpc) is 2.61. The number of carbonyl (C=O) groups excluding carboxylic acids is 1. The highest BCUT2D eigenvalue weighted by Crippen LogP contribution is 2.31. The molecule has 0 aromatic heterocycles. The summed E-state index contributed by atoms with van der Waals surface area (Å²) in [5, 5.41) is 14.3. The zero-order valence-corrected chi connectivity index (χ0v) is 15.0. The van der Waals surface area contributed by atoms with Crippen LogP contribution in [-0.2, 0) is 25.8 Å². The molecule has 1 heterocycles. The largest absolute Gasteiger partial charge is 0.597 e. The summed E-state index contributed by atoms with van der Waals surface area (Å²) in [7, 11) is -3.13. The Labute approximate surface area is 153 Å². The molecule has 27 heavy (non-hydrogen) atoms. The molecule has 0 N–H and O–H groups in total. The lowest BCUT2D eigenvalue weighted by Crippen LogP contribution is -2.51. The van der Waals surface area contributed by atoms with E-state index in [1.807, 2.05) is 0 Å². The van der Waals surface area contributed by atoms with Gasteiger partial charge >= 0.3 is 6.18 Å². The van der Waals surface area contributed by atoms with Crippen molar-refractivity contribution in [1.82, 2.24) is 9.21 Å². The number of nitrogens with zero attached hydrogens (tertiary/aromatic N) is 4. The lowest BCUT2D eigenvalue weighted by molar-refractivity contribution is -0.547. The van der Waals surface area contributed by atoms with Gasteiger partial charge in [-0.15, -0.1) is 0 Å². The highest BCUT2D eigenvalue weighted by atomic mass is 32.2. The Morgan fingerprint density at radius 1 is 1.37 bits per heavy atom. The van der Waals surface area contributed by atoms with Crippen LogP contribution in [0.1, 0.15) is 12.0 Å². The summed E-state index contributed by atoms with van der Waals surface area (Å²) >= 11 is 0. The maximum absolute atomic E-state index is 12.8. The Morgan fingerprint density at radius 2 is 2.07 bits per heavy atom. The second-order valence-electron chi connectivity index (χ2n) is 5.63. The van der Waals surface area contributed by atoms with Gasteiger partial charge in [-0.05, 0) is 29.5 Å². The molecule has 2 rings (SSSR count). The number of hydroxylamine groups is 1. The molecule has 0 unspecified atom stereocenters. The molecule has 0 saturated carbocycles. The third-order valence-electron chi connectivity index (χ3n) is 3.76. The molecule has 150 valence electrons. The third kappa shape index (κ3) is 5.07. The van der Waals surface area contributed by atoms with Crippen molar-refractivity contribution in [3.05, 3.63) is 35.0 Å². The number of rotatable bonds is 5. The van der Waals surface area contributed by atoms with Gasteiger partial charge in [0.1, 0.15) is 7.11 Å². The summed E-state index contributed by atoms with van der Waals surface area (Å²) in [4.78, 5) is 16.9. The first-order valence-corrected chi connectivity index (χ1v) is 9.13. The van der Waals surface area contributed by atoms with E-state index in [1.54, 1.807) is 0 Å². The van der Waals surface area contributed by atoms with E-state index in [4.69, 9.17) is 0 Å². The fourth-order valence-electron chi connectivity index (χ4n) is 2.49. The molecule has 0 aliphatic carbocycles. The monoisotopic (exact) mass is 410 g/mol. The van der Waals surface area contributed by atoms with Crippen molar-refractivity contribution in [1.29, 1.82) is 0 Å². The molecule has 1 aliphatic rings. The van der Waals surface area contributed by atoms with E-state index in [0.29, 0.717) is 6.07 Å². The molecule has 1 amide bonds. The summed E-state index contributed by atoms with van der Waals surface area (Å²) < 4.78 is 64.7. The Hall–Kier alpha value is -2.41. The molecular formula is C14H17F3N4O5S. The fourth-order valence-corrected chi connectivity index (χ4v) is 3.97. The van der Waals surface area contributed by atoms with E-state index in [9.17, 15) is 31.6 Å². The van der Waals surface area contributed by atoms with Crippen LogP contribution >= 0.6 is 0 Å². The molecule has 1 fully saturated rings. The summed E-state index contributed by atoms with van der Waals surface area (Å²) in [6, 6.07) is 3.38. The zero-order chi connectivity index (χ0) is 20.2. The lowest BCUT2D eigenvalue weighted by atomic mass is 10.2. The predicted octanol–water partition coefficient (Wildman–Crippen LogP) is 1.41. The van der Waals surface area contributed by atoms with Crippen LogP contribution in [0.4, 0.5) is 13.2 Å². The van der Waals surface area contributed by atoms with Gasteiger partial charge in [0.05, 0.1) is 17.1 Å². The lowest BCUT2D eigenvalue weighted by Gasteiger charge is -2.34. The molecule has 0 atom stereocenters. The first kappa shape index (κ1) is 20.9. The van der Waals surface area contributed by atoms with Gasteiger partial charge in [-0.1, -0.05) is 6.07 Å². The van der Waals surface area contributed by atoms with Crippen molar-refractivity contribution >= 4 is 15.9 Å². The Kier molecular flexibility index (Phi) is 6.26. The second-order valence-corrected chi connectivity index (χ2v) is 7.57. The quantitative estimate of drug-likeness (QED) is 0.415. The van der Waals surface area contributed by atoms with Gasteiger partial charge in [0.15, 0.2) is 5.28 Å². The molecule has 0 spiro atoms. The molecule has 1 aromatic rings. The van der Waals surface area contributed by atoms with E-state index in [2.05, 4.69) is 10.1 Å².